The lowest BCUT2D eigenvalue weighted by Gasteiger charge is -2.24. The van der Waals surface area contributed by atoms with Gasteiger partial charge in [-0.3, -0.25) is 0 Å². The Balaban J connectivity index is 3.54. The van der Waals surface area contributed by atoms with Crippen molar-refractivity contribution in [3.8, 4) is 0 Å². The third-order valence-electron chi connectivity index (χ3n) is 4.27. The minimum atomic E-state index is 0.802. The van der Waals surface area contributed by atoms with Gasteiger partial charge in [0.15, 0.2) is 0 Å². The zero-order chi connectivity index (χ0) is 15.1. The Labute approximate surface area is 128 Å². The van der Waals surface area contributed by atoms with E-state index in [1.165, 1.54) is 77.0 Å². The van der Waals surface area contributed by atoms with Crippen LogP contribution in [0.3, 0.4) is 0 Å². The van der Waals surface area contributed by atoms with Crippen LogP contribution < -0.4 is 0 Å². The zero-order valence-corrected chi connectivity index (χ0v) is 14.7. The highest BCUT2D eigenvalue weighted by molar-refractivity contribution is 4.77. The Kier molecular flexibility index (Phi) is 14.9. The molecule has 0 aromatic rings. The Bertz CT molecular complexity index is 208. The van der Waals surface area contributed by atoms with Crippen molar-refractivity contribution < 1.29 is 0 Å². The van der Waals surface area contributed by atoms with Crippen LogP contribution in [0.1, 0.15) is 90.9 Å². The van der Waals surface area contributed by atoms with Crippen molar-refractivity contribution in [1.29, 1.82) is 0 Å². The molecular formula is C19H39N. The largest absolute Gasteiger partial charge is 0.306 e. The van der Waals surface area contributed by atoms with Gasteiger partial charge in [-0.25, -0.2) is 0 Å². The monoisotopic (exact) mass is 281 g/mol. The van der Waals surface area contributed by atoms with Crippen LogP contribution in [0.25, 0.3) is 0 Å². The fourth-order valence-corrected chi connectivity index (χ4v) is 2.81. The molecule has 0 bridgehead atoms. The summed E-state index contributed by atoms with van der Waals surface area (Å²) in [5, 5.41) is 0. The molecule has 0 amide bonds. The van der Waals surface area contributed by atoms with Crippen LogP contribution >= 0.6 is 0 Å². The van der Waals surface area contributed by atoms with Gasteiger partial charge in [-0.15, -0.1) is 0 Å². The van der Waals surface area contributed by atoms with Crippen molar-refractivity contribution in [3.63, 3.8) is 0 Å². The van der Waals surface area contributed by atoms with E-state index in [1.807, 2.05) is 0 Å². The quantitative estimate of drug-likeness (QED) is 0.271. The van der Waals surface area contributed by atoms with Crippen molar-refractivity contribution in [2.24, 2.45) is 0 Å². The molecule has 0 spiro atoms. The van der Waals surface area contributed by atoms with Crippen LogP contribution in [0, 0.1) is 0 Å². The molecule has 20 heavy (non-hydrogen) atoms. The van der Waals surface area contributed by atoms with Gasteiger partial charge >= 0.3 is 0 Å². The molecule has 0 rings (SSSR count). The highest BCUT2D eigenvalue weighted by Gasteiger charge is 2.10. The minimum absolute atomic E-state index is 0.802. The molecule has 0 aliphatic rings. The van der Waals surface area contributed by atoms with E-state index >= 15 is 0 Å². The summed E-state index contributed by atoms with van der Waals surface area (Å²) >= 11 is 0. The predicted molar refractivity (Wildman–Crippen MR) is 93.4 cm³/mol. The third kappa shape index (κ3) is 12.7. The van der Waals surface area contributed by atoms with Crippen LogP contribution in [0.2, 0.25) is 0 Å². The van der Waals surface area contributed by atoms with E-state index in [1.54, 1.807) is 0 Å². The maximum Gasteiger partial charge on any atom is 0.00891 e. The molecule has 0 saturated carbocycles. The van der Waals surface area contributed by atoms with Gasteiger partial charge in [0, 0.05) is 6.04 Å². The summed E-state index contributed by atoms with van der Waals surface area (Å²) < 4.78 is 0. The van der Waals surface area contributed by atoms with Crippen LogP contribution in [-0.4, -0.2) is 25.0 Å². The fraction of sp³-hybridized carbons (Fsp3) is 0.895. The second-order valence-corrected chi connectivity index (χ2v) is 6.38. The van der Waals surface area contributed by atoms with Crippen LogP contribution in [0.5, 0.6) is 0 Å². The lowest BCUT2D eigenvalue weighted by molar-refractivity contribution is 0.252. The number of allylic oxidation sites excluding steroid dienone is 2. The number of hydrogen-bond acceptors (Lipinski definition) is 1. The van der Waals surface area contributed by atoms with Gasteiger partial charge in [-0.05, 0) is 46.7 Å². The molecule has 0 fully saturated rings. The Hall–Kier alpha value is -0.300. The summed E-state index contributed by atoms with van der Waals surface area (Å²) in [6, 6.07) is 0.802. The van der Waals surface area contributed by atoms with E-state index in [0.29, 0.717) is 0 Å². The fourth-order valence-electron chi connectivity index (χ4n) is 2.81. The highest BCUT2D eigenvalue weighted by Crippen LogP contribution is 2.16. The molecule has 0 aliphatic carbocycles. The first-order valence-electron chi connectivity index (χ1n) is 9.00. The van der Waals surface area contributed by atoms with E-state index in [4.69, 9.17) is 0 Å². The van der Waals surface area contributed by atoms with Crippen molar-refractivity contribution in [1.82, 2.24) is 4.90 Å². The predicted octanol–water partition coefficient (Wildman–Crippen LogP) is 6.19. The first-order valence-corrected chi connectivity index (χ1v) is 9.00. The number of rotatable bonds is 14. The third-order valence-corrected chi connectivity index (χ3v) is 4.27. The number of nitrogens with zero attached hydrogens (tertiary/aromatic N) is 1. The molecule has 1 heteroatoms. The van der Waals surface area contributed by atoms with E-state index in [0.717, 1.165) is 6.04 Å². The number of hydrogen-bond donors (Lipinski definition) is 0. The lowest BCUT2D eigenvalue weighted by Crippen LogP contribution is -2.27. The Morgan fingerprint density at radius 2 is 1.35 bits per heavy atom. The highest BCUT2D eigenvalue weighted by atomic mass is 15.1. The van der Waals surface area contributed by atoms with Gasteiger partial charge in [-0.2, -0.15) is 0 Å². The van der Waals surface area contributed by atoms with Gasteiger partial charge in [-0.1, -0.05) is 70.4 Å². The summed E-state index contributed by atoms with van der Waals surface area (Å²) in [6.45, 7) is 4.40. The van der Waals surface area contributed by atoms with Gasteiger partial charge in [0.05, 0.1) is 0 Å². The smallest absolute Gasteiger partial charge is 0.00891 e. The summed E-state index contributed by atoms with van der Waals surface area (Å²) in [5.41, 5.74) is 0. The molecule has 1 atom stereocenters. The van der Waals surface area contributed by atoms with E-state index in [-0.39, 0.29) is 0 Å². The van der Waals surface area contributed by atoms with Gasteiger partial charge < -0.3 is 4.90 Å². The van der Waals surface area contributed by atoms with Gasteiger partial charge in [0.2, 0.25) is 0 Å². The maximum absolute atomic E-state index is 2.44. The topological polar surface area (TPSA) is 3.24 Å². The molecule has 0 aliphatic heterocycles. The van der Waals surface area contributed by atoms with Crippen molar-refractivity contribution in [2.45, 2.75) is 96.9 Å². The van der Waals surface area contributed by atoms with E-state index < -0.39 is 0 Å². The molecular weight excluding hydrogens is 242 g/mol. The van der Waals surface area contributed by atoms with Crippen molar-refractivity contribution >= 4 is 0 Å². The lowest BCUT2D eigenvalue weighted by atomic mass is 10.00. The minimum Gasteiger partial charge on any atom is -0.306 e. The number of unbranched alkanes of at least 4 members (excludes halogenated alkanes) is 8. The van der Waals surface area contributed by atoms with Gasteiger partial charge in [0.1, 0.15) is 0 Å². The maximum atomic E-state index is 2.44. The summed E-state index contributed by atoms with van der Waals surface area (Å²) in [4.78, 5) is 2.44. The molecule has 120 valence electrons. The van der Waals surface area contributed by atoms with Gasteiger partial charge in [0.25, 0.3) is 0 Å². The Morgan fingerprint density at radius 1 is 0.800 bits per heavy atom. The van der Waals surface area contributed by atoms with E-state index in [2.05, 4.69) is 45.0 Å². The summed E-state index contributed by atoms with van der Waals surface area (Å²) in [7, 11) is 4.50. The first kappa shape index (κ1) is 19.7. The molecule has 1 unspecified atom stereocenters. The van der Waals surface area contributed by atoms with Crippen LogP contribution in [0.15, 0.2) is 12.2 Å². The zero-order valence-electron chi connectivity index (χ0n) is 14.7. The molecule has 0 N–H and O–H groups in total. The molecule has 0 heterocycles. The molecule has 0 aromatic carbocycles. The SMILES string of the molecule is C/C=C\CCCCC(CCCCCCCCC)N(C)C. The standard InChI is InChI=1S/C19H39N/c1-5-7-9-11-12-14-16-18-19(20(3)4)17-15-13-10-8-6-2/h6,8,19H,5,7,9-18H2,1-4H3/b8-6-. The first-order chi connectivity index (χ1) is 9.72. The summed E-state index contributed by atoms with van der Waals surface area (Å²) in [6.07, 6.45) is 21.2. The molecule has 1 nitrogen and oxygen atoms in total. The summed E-state index contributed by atoms with van der Waals surface area (Å²) in [5.74, 6) is 0. The second-order valence-electron chi connectivity index (χ2n) is 6.38. The molecule has 0 saturated heterocycles. The van der Waals surface area contributed by atoms with Crippen LogP contribution in [0.4, 0.5) is 0 Å². The average molecular weight is 282 g/mol. The van der Waals surface area contributed by atoms with Crippen molar-refractivity contribution in [2.75, 3.05) is 14.1 Å². The second kappa shape index (κ2) is 15.1. The van der Waals surface area contributed by atoms with Crippen molar-refractivity contribution in [3.05, 3.63) is 12.2 Å². The normalized spacial score (nSPS) is 13.4. The molecule has 0 radical (unpaired) electrons. The Morgan fingerprint density at radius 3 is 1.90 bits per heavy atom. The average Bonchev–Trinajstić information content (AvgIpc) is 2.43. The molecule has 0 aromatic heterocycles. The van der Waals surface area contributed by atoms with E-state index in [9.17, 15) is 0 Å². The van der Waals surface area contributed by atoms with Crippen LogP contribution in [-0.2, 0) is 0 Å².